The van der Waals surface area contributed by atoms with E-state index in [0.717, 1.165) is 43.6 Å². The molecule has 23 heavy (non-hydrogen) atoms. The number of rotatable bonds is 3. The average molecular weight is 319 g/mol. The van der Waals surface area contributed by atoms with E-state index in [2.05, 4.69) is 24.3 Å². The van der Waals surface area contributed by atoms with Crippen LogP contribution in [0.5, 0.6) is 0 Å². The number of urea groups is 1. The first-order chi connectivity index (χ1) is 11.0. The fraction of sp³-hybridized carbons (Fsp3) is 0.611. The van der Waals surface area contributed by atoms with E-state index in [0.29, 0.717) is 12.3 Å². The SMILES string of the molecule is CN(C)CC1CCN(C(=O)N[C@H]2c3ccccc3C[C@H]2F)CC1. The third-order valence-electron chi connectivity index (χ3n) is 4.97. The van der Waals surface area contributed by atoms with Gasteiger partial charge in [-0.05, 0) is 44.0 Å². The van der Waals surface area contributed by atoms with E-state index in [1.807, 2.05) is 29.2 Å². The molecule has 0 radical (unpaired) electrons. The first-order valence-electron chi connectivity index (χ1n) is 8.46. The zero-order chi connectivity index (χ0) is 16.4. The quantitative estimate of drug-likeness (QED) is 0.929. The minimum atomic E-state index is -1.03. The van der Waals surface area contributed by atoms with Crippen LogP contribution in [-0.4, -0.2) is 55.7 Å². The Hall–Kier alpha value is -1.62. The number of likely N-dealkylation sites (tertiary alicyclic amines) is 1. The van der Waals surface area contributed by atoms with Crippen LogP contribution in [0, 0.1) is 5.92 Å². The summed E-state index contributed by atoms with van der Waals surface area (Å²) in [5, 5.41) is 2.91. The first kappa shape index (κ1) is 16.2. The minimum Gasteiger partial charge on any atom is -0.328 e. The zero-order valence-electron chi connectivity index (χ0n) is 14.0. The molecule has 5 heteroatoms. The van der Waals surface area contributed by atoms with Crippen molar-refractivity contribution in [3.8, 4) is 0 Å². The molecule has 2 aliphatic rings. The van der Waals surface area contributed by atoms with Crippen molar-refractivity contribution in [2.24, 2.45) is 5.92 Å². The van der Waals surface area contributed by atoms with Gasteiger partial charge >= 0.3 is 6.03 Å². The number of carbonyl (C=O) groups is 1. The van der Waals surface area contributed by atoms with Gasteiger partial charge in [0.1, 0.15) is 6.17 Å². The number of amides is 2. The van der Waals surface area contributed by atoms with Crippen LogP contribution in [0.1, 0.15) is 30.0 Å². The number of carbonyl (C=O) groups excluding carboxylic acids is 1. The summed E-state index contributed by atoms with van der Waals surface area (Å²) >= 11 is 0. The molecule has 0 unspecified atom stereocenters. The second-order valence-corrected chi connectivity index (χ2v) is 7.04. The molecular formula is C18H26FN3O. The summed E-state index contributed by atoms with van der Waals surface area (Å²) in [7, 11) is 4.16. The van der Waals surface area contributed by atoms with Crippen LogP contribution in [-0.2, 0) is 6.42 Å². The average Bonchev–Trinajstić information content (AvgIpc) is 2.83. The van der Waals surface area contributed by atoms with Gasteiger partial charge in [0.2, 0.25) is 0 Å². The second kappa shape index (κ2) is 6.87. The van der Waals surface area contributed by atoms with Gasteiger partial charge in [0, 0.05) is 26.1 Å². The summed E-state index contributed by atoms with van der Waals surface area (Å²) < 4.78 is 14.3. The van der Waals surface area contributed by atoms with Crippen LogP contribution >= 0.6 is 0 Å². The van der Waals surface area contributed by atoms with E-state index in [4.69, 9.17) is 0 Å². The maximum Gasteiger partial charge on any atom is 0.317 e. The van der Waals surface area contributed by atoms with E-state index < -0.39 is 12.2 Å². The highest BCUT2D eigenvalue weighted by atomic mass is 19.1. The lowest BCUT2D eigenvalue weighted by atomic mass is 9.96. The Labute approximate surface area is 137 Å². The fourth-order valence-corrected chi connectivity index (χ4v) is 3.77. The fourth-order valence-electron chi connectivity index (χ4n) is 3.77. The van der Waals surface area contributed by atoms with Crippen molar-refractivity contribution in [3.63, 3.8) is 0 Å². The smallest absolute Gasteiger partial charge is 0.317 e. The standard InChI is InChI=1S/C18H26FN3O/c1-21(2)12-13-7-9-22(10-8-13)18(23)20-17-15-6-4-3-5-14(15)11-16(17)19/h3-6,13,16-17H,7-12H2,1-2H3,(H,20,23)/t16-,17+/m1/s1. The molecule has 0 saturated carbocycles. The number of halogens is 1. The van der Waals surface area contributed by atoms with E-state index >= 15 is 0 Å². The van der Waals surface area contributed by atoms with Gasteiger partial charge < -0.3 is 15.1 Å². The number of benzene rings is 1. The Balaban J connectivity index is 1.56. The van der Waals surface area contributed by atoms with Crippen LogP contribution < -0.4 is 5.32 Å². The molecule has 2 amide bonds. The summed E-state index contributed by atoms with van der Waals surface area (Å²) in [5.74, 6) is 0.648. The molecule has 0 spiro atoms. The maximum absolute atomic E-state index is 14.3. The van der Waals surface area contributed by atoms with Crippen molar-refractivity contribution >= 4 is 6.03 Å². The summed E-state index contributed by atoms with van der Waals surface area (Å²) in [6.07, 6.45) is 1.41. The molecular weight excluding hydrogens is 293 g/mol. The van der Waals surface area contributed by atoms with Gasteiger partial charge in [-0.15, -0.1) is 0 Å². The molecule has 1 heterocycles. The third kappa shape index (κ3) is 3.66. The van der Waals surface area contributed by atoms with Gasteiger partial charge in [0.15, 0.2) is 0 Å². The highest BCUT2D eigenvalue weighted by molar-refractivity contribution is 5.75. The number of fused-ring (bicyclic) bond motifs is 1. The summed E-state index contributed by atoms with van der Waals surface area (Å²) in [5.41, 5.74) is 1.94. The van der Waals surface area contributed by atoms with Crippen molar-refractivity contribution in [2.75, 3.05) is 33.7 Å². The molecule has 3 rings (SSSR count). The zero-order valence-corrected chi connectivity index (χ0v) is 14.0. The van der Waals surface area contributed by atoms with Crippen LogP contribution in [0.25, 0.3) is 0 Å². The predicted molar refractivity (Wildman–Crippen MR) is 89.2 cm³/mol. The van der Waals surface area contributed by atoms with E-state index in [-0.39, 0.29) is 6.03 Å². The van der Waals surface area contributed by atoms with Gasteiger partial charge in [-0.25, -0.2) is 9.18 Å². The molecule has 1 saturated heterocycles. The predicted octanol–water partition coefficient (Wildman–Crippen LogP) is 2.61. The molecule has 0 aromatic heterocycles. The largest absolute Gasteiger partial charge is 0.328 e. The molecule has 126 valence electrons. The number of hydrogen-bond donors (Lipinski definition) is 1. The van der Waals surface area contributed by atoms with Gasteiger partial charge in [-0.2, -0.15) is 0 Å². The Morgan fingerprint density at radius 1 is 1.30 bits per heavy atom. The van der Waals surface area contributed by atoms with Crippen LogP contribution in [0.4, 0.5) is 9.18 Å². The van der Waals surface area contributed by atoms with Crippen molar-refractivity contribution in [3.05, 3.63) is 35.4 Å². The summed E-state index contributed by atoms with van der Waals surface area (Å²) in [6.45, 7) is 2.59. The van der Waals surface area contributed by atoms with Gasteiger partial charge in [0.05, 0.1) is 6.04 Å². The van der Waals surface area contributed by atoms with Crippen molar-refractivity contribution in [2.45, 2.75) is 31.5 Å². The molecule has 1 aliphatic heterocycles. The molecule has 1 aliphatic carbocycles. The molecule has 0 bridgehead atoms. The molecule has 1 aromatic carbocycles. The van der Waals surface area contributed by atoms with Crippen LogP contribution in [0.3, 0.4) is 0 Å². The van der Waals surface area contributed by atoms with Gasteiger partial charge in [0.25, 0.3) is 0 Å². The van der Waals surface area contributed by atoms with Gasteiger partial charge in [-0.3, -0.25) is 0 Å². The molecule has 1 aromatic rings. The Kier molecular flexibility index (Phi) is 4.85. The normalized spacial score (nSPS) is 24.8. The van der Waals surface area contributed by atoms with Crippen molar-refractivity contribution in [1.82, 2.24) is 15.1 Å². The highest BCUT2D eigenvalue weighted by Gasteiger charge is 2.34. The molecule has 2 atom stereocenters. The first-order valence-corrected chi connectivity index (χ1v) is 8.46. The number of nitrogens with one attached hydrogen (secondary N) is 1. The number of alkyl halides is 1. The lowest BCUT2D eigenvalue weighted by molar-refractivity contribution is 0.151. The van der Waals surface area contributed by atoms with Crippen molar-refractivity contribution < 1.29 is 9.18 Å². The minimum absolute atomic E-state index is 0.127. The van der Waals surface area contributed by atoms with E-state index in [9.17, 15) is 9.18 Å². The lowest BCUT2D eigenvalue weighted by Gasteiger charge is -2.34. The van der Waals surface area contributed by atoms with E-state index in [1.54, 1.807) is 0 Å². The third-order valence-corrected chi connectivity index (χ3v) is 4.97. The van der Waals surface area contributed by atoms with Crippen molar-refractivity contribution in [1.29, 1.82) is 0 Å². The summed E-state index contributed by atoms with van der Waals surface area (Å²) in [6, 6.07) is 7.06. The molecule has 1 fully saturated rings. The highest BCUT2D eigenvalue weighted by Crippen LogP contribution is 2.33. The molecule has 4 nitrogen and oxygen atoms in total. The number of piperidine rings is 1. The van der Waals surface area contributed by atoms with Crippen LogP contribution in [0.2, 0.25) is 0 Å². The topological polar surface area (TPSA) is 35.6 Å². The lowest BCUT2D eigenvalue weighted by Crippen LogP contribution is -2.47. The number of nitrogens with zero attached hydrogens (tertiary/aromatic N) is 2. The Morgan fingerprint density at radius 3 is 2.70 bits per heavy atom. The monoisotopic (exact) mass is 319 g/mol. The van der Waals surface area contributed by atoms with Gasteiger partial charge in [-0.1, -0.05) is 24.3 Å². The Morgan fingerprint density at radius 2 is 2.00 bits per heavy atom. The maximum atomic E-state index is 14.3. The Bertz CT molecular complexity index is 555. The molecule has 1 N–H and O–H groups in total. The summed E-state index contributed by atoms with van der Waals surface area (Å²) in [4.78, 5) is 16.5. The number of hydrogen-bond acceptors (Lipinski definition) is 2. The van der Waals surface area contributed by atoms with E-state index in [1.165, 1.54) is 0 Å². The second-order valence-electron chi connectivity index (χ2n) is 7.04. The van der Waals surface area contributed by atoms with Crippen LogP contribution in [0.15, 0.2) is 24.3 Å².